The Hall–Kier alpha value is -2.21. The van der Waals surface area contributed by atoms with Crippen LogP contribution in [-0.2, 0) is 0 Å². The number of nitro benzene ring substituents is 1. The number of nitrogens with one attached hydrogen (secondary N) is 1. The van der Waals surface area contributed by atoms with Gasteiger partial charge in [0.25, 0.3) is 5.69 Å². The summed E-state index contributed by atoms with van der Waals surface area (Å²) in [4.78, 5) is 14.6. The van der Waals surface area contributed by atoms with Gasteiger partial charge in [-0.25, -0.2) is 0 Å². The highest BCUT2D eigenvalue weighted by Crippen LogP contribution is 2.31. The number of nitrogens with two attached hydrogens (primary N) is 1. The highest BCUT2D eigenvalue weighted by atomic mass is 16.6. The van der Waals surface area contributed by atoms with Crippen LogP contribution in [0.25, 0.3) is 10.8 Å². The zero-order chi connectivity index (χ0) is 14.7. The first-order valence-corrected chi connectivity index (χ1v) is 6.52. The maximum absolute atomic E-state index is 11.1. The summed E-state index contributed by atoms with van der Waals surface area (Å²) in [5.74, 6) is 0.368. The number of hydrogen-bond donors (Lipinski definition) is 2. The minimum atomic E-state index is -0.392. The first-order chi connectivity index (χ1) is 9.54. The summed E-state index contributed by atoms with van der Waals surface area (Å²) in [5.41, 5.74) is 6.67. The Balaban J connectivity index is 2.50. The lowest BCUT2D eigenvalue weighted by Crippen LogP contribution is -2.33. The van der Waals surface area contributed by atoms with Gasteiger partial charge in [-0.2, -0.15) is 0 Å². The molecular weight excluding hydrogens is 256 g/mol. The molecule has 6 nitrogen and oxygen atoms in total. The predicted molar refractivity (Wildman–Crippen MR) is 79.7 cm³/mol. The van der Waals surface area contributed by atoms with Crippen LogP contribution in [-0.4, -0.2) is 22.5 Å². The van der Waals surface area contributed by atoms with E-state index in [0.29, 0.717) is 17.8 Å². The zero-order valence-electron chi connectivity index (χ0n) is 11.5. The topological polar surface area (TPSA) is 94.1 Å². The Morgan fingerprint density at radius 2 is 2.10 bits per heavy atom. The van der Waals surface area contributed by atoms with Crippen LogP contribution < -0.4 is 11.1 Å². The van der Waals surface area contributed by atoms with Gasteiger partial charge in [0, 0.05) is 42.1 Å². The van der Waals surface area contributed by atoms with Gasteiger partial charge in [-0.05, 0) is 18.1 Å². The van der Waals surface area contributed by atoms with Gasteiger partial charge in [-0.3, -0.25) is 15.1 Å². The first kappa shape index (κ1) is 14.2. The highest BCUT2D eigenvalue weighted by Gasteiger charge is 2.17. The molecule has 1 unspecified atom stereocenters. The van der Waals surface area contributed by atoms with E-state index in [2.05, 4.69) is 24.1 Å². The van der Waals surface area contributed by atoms with E-state index in [1.54, 1.807) is 18.3 Å². The Morgan fingerprint density at radius 3 is 2.70 bits per heavy atom. The van der Waals surface area contributed by atoms with E-state index in [-0.39, 0.29) is 11.7 Å². The van der Waals surface area contributed by atoms with Gasteiger partial charge in [-0.1, -0.05) is 13.8 Å². The third kappa shape index (κ3) is 2.70. The van der Waals surface area contributed by atoms with E-state index >= 15 is 0 Å². The van der Waals surface area contributed by atoms with Gasteiger partial charge in [0.2, 0.25) is 0 Å². The van der Waals surface area contributed by atoms with Crippen molar-refractivity contribution in [2.45, 2.75) is 19.9 Å². The number of aromatic nitrogens is 1. The predicted octanol–water partition coefficient (Wildman–Crippen LogP) is 2.54. The molecule has 1 atom stereocenters. The number of fused-ring (bicyclic) bond motifs is 1. The van der Waals surface area contributed by atoms with E-state index < -0.39 is 4.92 Å². The number of pyridine rings is 1. The van der Waals surface area contributed by atoms with Gasteiger partial charge in [-0.15, -0.1) is 0 Å². The van der Waals surface area contributed by atoms with E-state index in [9.17, 15) is 10.1 Å². The molecule has 0 aliphatic rings. The molecule has 6 heteroatoms. The molecule has 0 spiro atoms. The third-order valence-electron chi connectivity index (χ3n) is 3.39. The van der Waals surface area contributed by atoms with Crippen LogP contribution in [0.1, 0.15) is 13.8 Å². The molecule has 20 heavy (non-hydrogen) atoms. The lowest BCUT2D eigenvalue weighted by Gasteiger charge is -2.22. The second kappa shape index (κ2) is 5.83. The second-order valence-corrected chi connectivity index (χ2v) is 5.04. The maximum Gasteiger partial charge on any atom is 0.278 e. The molecular formula is C14H18N4O2. The van der Waals surface area contributed by atoms with Crippen molar-refractivity contribution >= 4 is 22.1 Å². The van der Waals surface area contributed by atoms with Crippen molar-refractivity contribution in [2.24, 2.45) is 11.7 Å². The fourth-order valence-electron chi connectivity index (χ4n) is 2.16. The summed E-state index contributed by atoms with van der Waals surface area (Å²) < 4.78 is 0. The van der Waals surface area contributed by atoms with Gasteiger partial charge >= 0.3 is 0 Å². The molecule has 0 radical (unpaired) electrons. The Morgan fingerprint density at radius 1 is 1.35 bits per heavy atom. The number of non-ortho nitro benzene ring substituents is 1. The summed E-state index contributed by atoms with van der Waals surface area (Å²) in [6, 6.07) is 5.12. The largest absolute Gasteiger partial charge is 0.380 e. The van der Waals surface area contributed by atoms with E-state index in [4.69, 9.17) is 5.73 Å². The lowest BCUT2D eigenvalue weighted by atomic mass is 10.0. The molecule has 106 valence electrons. The van der Waals surface area contributed by atoms with Crippen LogP contribution in [0.2, 0.25) is 0 Å². The number of benzene rings is 1. The van der Waals surface area contributed by atoms with Crippen molar-refractivity contribution in [1.82, 2.24) is 4.98 Å². The minimum Gasteiger partial charge on any atom is -0.380 e. The van der Waals surface area contributed by atoms with Gasteiger partial charge in [0.1, 0.15) is 0 Å². The smallest absolute Gasteiger partial charge is 0.278 e. The molecule has 1 aromatic carbocycles. The van der Waals surface area contributed by atoms with Gasteiger partial charge in [0.15, 0.2) is 0 Å². The standard InChI is InChI=1S/C14H18N4O2/c1-9(2)13(7-15)17-12-3-4-14(18(19)20)11-8-16-6-5-10(11)12/h3-6,8-9,13,17H,7,15H2,1-2H3. The van der Waals surface area contributed by atoms with Gasteiger partial charge < -0.3 is 11.1 Å². The number of anilines is 1. The fourth-order valence-corrected chi connectivity index (χ4v) is 2.16. The molecule has 0 amide bonds. The number of rotatable bonds is 5. The number of hydrogen-bond acceptors (Lipinski definition) is 5. The molecule has 0 aliphatic heterocycles. The van der Waals surface area contributed by atoms with E-state index in [1.807, 2.05) is 0 Å². The summed E-state index contributed by atoms with van der Waals surface area (Å²) in [7, 11) is 0. The normalized spacial score (nSPS) is 12.6. The van der Waals surface area contributed by atoms with Crippen molar-refractivity contribution < 1.29 is 4.92 Å². The van der Waals surface area contributed by atoms with Crippen molar-refractivity contribution in [3.63, 3.8) is 0 Å². The monoisotopic (exact) mass is 274 g/mol. The molecule has 0 bridgehead atoms. The molecule has 0 saturated heterocycles. The summed E-state index contributed by atoms with van der Waals surface area (Å²) in [6.07, 6.45) is 3.15. The number of nitrogens with zero attached hydrogens (tertiary/aromatic N) is 2. The SMILES string of the molecule is CC(C)C(CN)Nc1ccc([N+](=O)[O-])c2cnccc12. The Labute approximate surface area is 117 Å². The average molecular weight is 274 g/mol. The first-order valence-electron chi connectivity index (χ1n) is 6.52. The third-order valence-corrected chi connectivity index (χ3v) is 3.39. The Bertz CT molecular complexity index is 628. The quantitative estimate of drug-likeness (QED) is 0.645. The summed E-state index contributed by atoms with van der Waals surface area (Å²) >= 11 is 0. The van der Waals surface area contributed by atoms with Crippen LogP contribution >= 0.6 is 0 Å². The molecule has 2 rings (SSSR count). The van der Waals surface area contributed by atoms with Crippen molar-refractivity contribution in [1.29, 1.82) is 0 Å². The minimum absolute atomic E-state index is 0.0625. The van der Waals surface area contributed by atoms with Crippen LogP contribution in [0, 0.1) is 16.0 Å². The lowest BCUT2D eigenvalue weighted by molar-refractivity contribution is -0.383. The van der Waals surface area contributed by atoms with E-state index in [0.717, 1.165) is 11.1 Å². The van der Waals surface area contributed by atoms with Crippen LogP contribution in [0.15, 0.2) is 30.6 Å². The Kier molecular flexibility index (Phi) is 4.14. The molecule has 0 fully saturated rings. The molecule has 2 aromatic rings. The van der Waals surface area contributed by atoms with Crippen molar-refractivity contribution in [3.05, 3.63) is 40.7 Å². The molecule has 0 saturated carbocycles. The maximum atomic E-state index is 11.1. The second-order valence-electron chi connectivity index (χ2n) is 5.04. The molecule has 0 aliphatic carbocycles. The van der Waals surface area contributed by atoms with Crippen LogP contribution in [0.4, 0.5) is 11.4 Å². The van der Waals surface area contributed by atoms with Crippen molar-refractivity contribution in [2.75, 3.05) is 11.9 Å². The number of nitro groups is 1. The highest BCUT2D eigenvalue weighted by molar-refractivity contribution is 5.99. The van der Waals surface area contributed by atoms with Crippen molar-refractivity contribution in [3.8, 4) is 0 Å². The molecule has 3 N–H and O–H groups in total. The van der Waals surface area contributed by atoms with Crippen LogP contribution in [0.3, 0.4) is 0 Å². The molecule has 1 aromatic heterocycles. The van der Waals surface area contributed by atoms with E-state index in [1.165, 1.54) is 12.3 Å². The summed E-state index contributed by atoms with van der Waals surface area (Å²) in [6.45, 7) is 4.67. The zero-order valence-corrected chi connectivity index (χ0v) is 11.5. The summed E-state index contributed by atoms with van der Waals surface area (Å²) in [5, 5.41) is 15.7. The van der Waals surface area contributed by atoms with Gasteiger partial charge in [0.05, 0.1) is 10.3 Å². The van der Waals surface area contributed by atoms with Crippen LogP contribution in [0.5, 0.6) is 0 Å². The fraction of sp³-hybridized carbons (Fsp3) is 0.357. The molecule has 1 heterocycles. The average Bonchev–Trinajstić information content (AvgIpc) is 2.43.